The molecular weight excluding hydrogens is 809 g/mol. The van der Waals surface area contributed by atoms with E-state index in [0.29, 0.717) is 77.4 Å². The maximum Gasteiger partial charge on any atom is 0.246 e. The van der Waals surface area contributed by atoms with Crippen LogP contribution in [0.3, 0.4) is 0 Å². The van der Waals surface area contributed by atoms with Crippen molar-refractivity contribution in [2.75, 3.05) is 92.4 Å². The van der Waals surface area contributed by atoms with Crippen molar-refractivity contribution >= 4 is 35.3 Å². The van der Waals surface area contributed by atoms with Gasteiger partial charge in [0.1, 0.15) is 37.3 Å². The average Bonchev–Trinajstić information content (AvgIpc) is 3.86. The zero-order valence-corrected chi connectivity index (χ0v) is 36.7. The first kappa shape index (κ1) is 49.3. The number of aldehydes is 1. The highest BCUT2D eigenvalue weighted by Crippen LogP contribution is 2.29. The number of ether oxygens (including phenoxy) is 7. The summed E-state index contributed by atoms with van der Waals surface area (Å²) in [6.07, 6.45) is 0.00157. The molecule has 2 heterocycles. The van der Waals surface area contributed by atoms with Gasteiger partial charge in [0, 0.05) is 18.5 Å². The van der Waals surface area contributed by atoms with Crippen molar-refractivity contribution in [1.82, 2.24) is 20.5 Å². The molecule has 4 rings (SSSR count). The highest BCUT2D eigenvalue weighted by molar-refractivity contribution is 7.13. The molecule has 4 atom stereocenters. The molecule has 2 aromatic carbocycles. The Morgan fingerprint density at radius 2 is 1.36 bits per heavy atom. The van der Waals surface area contributed by atoms with Gasteiger partial charge in [-0.25, -0.2) is 4.98 Å². The molecule has 3 amide bonds. The van der Waals surface area contributed by atoms with E-state index in [9.17, 15) is 24.3 Å². The molecule has 61 heavy (non-hydrogen) atoms. The number of aromatic nitrogens is 1. The number of rotatable bonds is 28. The number of hydrogen-bond acceptors (Lipinski definition) is 14. The lowest BCUT2D eigenvalue weighted by molar-refractivity contribution is -0.144. The van der Waals surface area contributed by atoms with Gasteiger partial charge in [0.2, 0.25) is 17.7 Å². The Bertz CT molecular complexity index is 1770. The van der Waals surface area contributed by atoms with Crippen LogP contribution in [0.5, 0.6) is 5.75 Å². The summed E-state index contributed by atoms with van der Waals surface area (Å²) in [5.74, 6) is -0.623. The number of aryl methyl sites for hydroxylation is 1. The van der Waals surface area contributed by atoms with E-state index in [1.165, 1.54) is 4.90 Å². The van der Waals surface area contributed by atoms with Crippen molar-refractivity contribution in [3.8, 4) is 16.2 Å². The largest absolute Gasteiger partial charge is 0.491 e. The van der Waals surface area contributed by atoms with Gasteiger partial charge in [-0.05, 0) is 54.7 Å². The highest BCUT2D eigenvalue weighted by Gasteiger charge is 2.44. The van der Waals surface area contributed by atoms with Gasteiger partial charge in [-0.1, -0.05) is 45.0 Å². The molecule has 1 aliphatic heterocycles. The number of nitrogens with zero attached hydrogens (tertiary/aromatic N) is 2. The van der Waals surface area contributed by atoms with E-state index < -0.39 is 35.4 Å². The molecule has 0 radical (unpaired) electrons. The number of β-amino-alcohol motifs (C(OH)–C–C–N with tert-alkyl or cyclic N) is 1. The first-order valence-electron chi connectivity index (χ1n) is 20.6. The molecule has 1 aromatic heterocycles. The molecule has 16 nitrogen and oxygen atoms in total. The quantitative estimate of drug-likeness (QED) is 0.0706. The zero-order valence-electron chi connectivity index (χ0n) is 35.9. The molecule has 3 aromatic rings. The Hall–Kier alpha value is -4.33. The fourth-order valence-corrected chi connectivity index (χ4v) is 7.16. The molecule has 1 fully saturated rings. The number of benzene rings is 2. The lowest BCUT2D eigenvalue weighted by Crippen LogP contribution is -2.58. The van der Waals surface area contributed by atoms with Crippen LogP contribution in [0, 0.1) is 12.3 Å². The van der Waals surface area contributed by atoms with Crippen LogP contribution in [0.4, 0.5) is 0 Å². The summed E-state index contributed by atoms with van der Waals surface area (Å²) in [4.78, 5) is 57.9. The van der Waals surface area contributed by atoms with E-state index in [2.05, 4.69) is 15.6 Å². The summed E-state index contributed by atoms with van der Waals surface area (Å²) in [6.45, 7) is 13.5. The monoisotopic (exact) mass is 870 g/mol. The molecule has 0 bridgehead atoms. The van der Waals surface area contributed by atoms with Crippen molar-refractivity contribution in [2.24, 2.45) is 5.41 Å². The van der Waals surface area contributed by atoms with Crippen LogP contribution in [0.25, 0.3) is 10.4 Å². The van der Waals surface area contributed by atoms with Crippen molar-refractivity contribution in [3.63, 3.8) is 0 Å². The topological polar surface area (TPSA) is 193 Å². The fourth-order valence-electron chi connectivity index (χ4n) is 6.34. The van der Waals surface area contributed by atoms with Crippen molar-refractivity contribution in [1.29, 1.82) is 0 Å². The van der Waals surface area contributed by atoms with Crippen LogP contribution in [0.2, 0.25) is 0 Å². The number of carbonyl (C=O) groups is 4. The fraction of sp³-hybridized carbons (Fsp3) is 0.568. The summed E-state index contributed by atoms with van der Waals surface area (Å²) in [5, 5.41) is 16.4. The van der Waals surface area contributed by atoms with Gasteiger partial charge < -0.3 is 53.8 Å². The summed E-state index contributed by atoms with van der Waals surface area (Å²) in [7, 11) is 0. The van der Waals surface area contributed by atoms with E-state index in [0.717, 1.165) is 28.0 Å². The number of nitrogens with one attached hydrogen (secondary N) is 2. The third kappa shape index (κ3) is 17.2. The Morgan fingerprint density at radius 3 is 1.87 bits per heavy atom. The Balaban J connectivity index is 1.02. The van der Waals surface area contributed by atoms with E-state index in [4.69, 9.17) is 33.2 Å². The minimum absolute atomic E-state index is 0.0193. The van der Waals surface area contributed by atoms with Crippen molar-refractivity contribution in [3.05, 3.63) is 70.9 Å². The van der Waals surface area contributed by atoms with Gasteiger partial charge in [-0.3, -0.25) is 19.2 Å². The number of aliphatic hydroxyl groups is 1. The normalized spacial score (nSPS) is 16.3. The predicted octanol–water partition coefficient (Wildman–Crippen LogP) is 3.78. The molecule has 0 spiro atoms. The Morgan fingerprint density at radius 1 is 0.820 bits per heavy atom. The minimum Gasteiger partial charge on any atom is -0.491 e. The number of thiazole rings is 1. The highest BCUT2D eigenvalue weighted by atomic mass is 32.1. The van der Waals surface area contributed by atoms with Gasteiger partial charge in [0.15, 0.2) is 0 Å². The summed E-state index contributed by atoms with van der Waals surface area (Å²) in [5.41, 5.74) is 4.62. The first-order chi connectivity index (χ1) is 29.4. The Kier molecular flexibility index (Phi) is 21.2. The maximum atomic E-state index is 13.9. The summed E-state index contributed by atoms with van der Waals surface area (Å²) in [6, 6.07) is 12.6. The van der Waals surface area contributed by atoms with Crippen molar-refractivity contribution < 1.29 is 57.4 Å². The van der Waals surface area contributed by atoms with Gasteiger partial charge in [-0.15, -0.1) is 11.3 Å². The maximum absolute atomic E-state index is 13.9. The molecule has 1 aliphatic rings. The average molecular weight is 871 g/mol. The molecule has 0 saturated carbocycles. The van der Waals surface area contributed by atoms with Gasteiger partial charge in [0.25, 0.3) is 0 Å². The van der Waals surface area contributed by atoms with Gasteiger partial charge in [-0.2, -0.15) is 0 Å². The molecule has 1 saturated heterocycles. The predicted molar refractivity (Wildman–Crippen MR) is 229 cm³/mol. The molecule has 17 heteroatoms. The third-order valence-electron chi connectivity index (χ3n) is 9.67. The Labute approximate surface area is 362 Å². The van der Waals surface area contributed by atoms with Gasteiger partial charge >= 0.3 is 0 Å². The number of likely N-dealkylation sites (tertiary alicyclic amines) is 1. The first-order valence-corrected chi connectivity index (χ1v) is 21.5. The molecule has 0 aliphatic carbocycles. The van der Waals surface area contributed by atoms with Crippen LogP contribution in [-0.4, -0.2) is 150 Å². The van der Waals surface area contributed by atoms with E-state index in [-0.39, 0.29) is 44.7 Å². The second-order valence-corrected chi connectivity index (χ2v) is 16.4. The van der Waals surface area contributed by atoms with Crippen molar-refractivity contribution in [2.45, 2.75) is 65.3 Å². The minimum atomic E-state index is -0.965. The van der Waals surface area contributed by atoms with E-state index in [1.54, 1.807) is 35.6 Å². The van der Waals surface area contributed by atoms with E-state index in [1.807, 2.05) is 64.4 Å². The lowest BCUT2D eigenvalue weighted by atomic mass is 9.85. The zero-order chi connectivity index (χ0) is 44.0. The van der Waals surface area contributed by atoms with Gasteiger partial charge in [0.05, 0.1) is 101 Å². The third-order valence-corrected chi connectivity index (χ3v) is 10.6. The lowest BCUT2D eigenvalue weighted by Gasteiger charge is -2.35. The van der Waals surface area contributed by atoms with Crippen LogP contribution >= 0.6 is 11.3 Å². The molecular formula is C44H62N4O12S. The molecule has 4 unspecified atom stereocenters. The standard InChI is InChI=1S/C44H62N4O12S/c1-31(34-8-10-35(11-9-34)40-32(2)45-30-61-40)46-42(52)38-26-36(50)27-48(38)43(53)41(44(3,4)5)47-39(51)29-59-23-22-57-19-18-55-15-14-54-16-17-56-20-21-58-24-25-60-37-12-6-33(28-49)7-13-37/h6-13,28,30-31,36,38,41,50H,14-27,29H2,1-5H3,(H,46,52)(H,47,51). The van der Waals surface area contributed by atoms with E-state index >= 15 is 0 Å². The van der Waals surface area contributed by atoms with Crippen LogP contribution in [0.15, 0.2) is 54.0 Å². The molecule has 3 N–H and O–H groups in total. The second-order valence-electron chi connectivity index (χ2n) is 15.5. The van der Waals surface area contributed by atoms with Crippen LogP contribution in [-0.2, 0) is 42.8 Å². The summed E-state index contributed by atoms with van der Waals surface area (Å²) < 4.78 is 38.5. The second kappa shape index (κ2) is 26.2. The SMILES string of the molecule is Cc1ncsc1-c1ccc(C(C)NC(=O)C2CC(O)CN2C(=O)C(NC(=O)COCCOCCOCCOCCOCCOCCOc2ccc(C=O)cc2)C(C)(C)C)cc1. The number of amides is 3. The summed E-state index contributed by atoms with van der Waals surface area (Å²) >= 11 is 1.57. The number of aliphatic hydroxyl groups excluding tert-OH is 1. The van der Waals surface area contributed by atoms with Crippen LogP contribution < -0.4 is 15.4 Å². The number of hydrogen-bond donors (Lipinski definition) is 3. The smallest absolute Gasteiger partial charge is 0.246 e. The molecule has 336 valence electrons. The number of carbonyl (C=O) groups excluding carboxylic acids is 4. The van der Waals surface area contributed by atoms with Crippen LogP contribution in [0.1, 0.15) is 61.8 Å².